The molecule has 0 fully saturated rings. The molecule has 8 nitrogen and oxygen atoms in total. The summed E-state index contributed by atoms with van der Waals surface area (Å²) in [6, 6.07) is 7.68. The molecule has 0 aliphatic carbocycles. The lowest BCUT2D eigenvalue weighted by Gasteiger charge is -2.06. The molecule has 10 heteroatoms. The van der Waals surface area contributed by atoms with Crippen LogP contribution in [-0.2, 0) is 15.2 Å². The minimum Gasteiger partial charge on any atom is -0.462 e. The number of carbonyl (C=O) groups is 2. The average molecular weight is 448 g/mol. The fourth-order valence-electron chi connectivity index (χ4n) is 2.73. The second kappa shape index (κ2) is 9.77. The number of nitrogens with two attached hydrogens (primary N) is 1. The van der Waals surface area contributed by atoms with E-state index in [0.29, 0.717) is 16.7 Å². The van der Waals surface area contributed by atoms with Gasteiger partial charge in [-0.15, -0.1) is 21.5 Å². The number of aromatic nitrogens is 2. The third-order valence-corrected chi connectivity index (χ3v) is 5.98. The summed E-state index contributed by atoms with van der Waals surface area (Å²) in [6.45, 7) is 5.77. The molecule has 30 heavy (non-hydrogen) atoms. The summed E-state index contributed by atoms with van der Waals surface area (Å²) in [5.41, 5.74) is 8.49. The largest absolute Gasteiger partial charge is 0.462 e. The van der Waals surface area contributed by atoms with Crippen molar-refractivity contribution < 1.29 is 23.5 Å². The number of aryl methyl sites for hydroxylation is 1. The SMILES string of the molecule is CCOC(=O)c1sc(N)c(C(=O)OCC)c1CSc1nnc(-c2ccccc2C)o1. The van der Waals surface area contributed by atoms with Gasteiger partial charge in [-0.1, -0.05) is 30.0 Å². The molecule has 0 spiro atoms. The van der Waals surface area contributed by atoms with Crippen molar-refractivity contribution in [3.05, 3.63) is 45.8 Å². The van der Waals surface area contributed by atoms with Gasteiger partial charge in [0.25, 0.3) is 5.22 Å². The number of nitrogen functional groups attached to an aromatic ring is 1. The van der Waals surface area contributed by atoms with Crippen LogP contribution in [0.3, 0.4) is 0 Å². The van der Waals surface area contributed by atoms with E-state index in [9.17, 15) is 9.59 Å². The van der Waals surface area contributed by atoms with Crippen molar-refractivity contribution in [3.8, 4) is 11.5 Å². The van der Waals surface area contributed by atoms with Crippen LogP contribution in [0, 0.1) is 6.92 Å². The summed E-state index contributed by atoms with van der Waals surface area (Å²) in [5.74, 6) is -0.502. The zero-order valence-corrected chi connectivity index (χ0v) is 18.4. The van der Waals surface area contributed by atoms with Crippen LogP contribution in [0.4, 0.5) is 5.00 Å². The van der Waals surface area contributed by atoms with Crippen LogP contribution < -0.4 is 5.73 Å². The fraction of sp³-hybridized carbons (Fsp3) is 0.300. The van der Waals surface area contributed by atoms with E-state index in [4.69, 9.17) is 19.6 Å². The molecule has 0 radical (unpaired) electrons. The number of hydrogen-bond acceptors (Lipinski definition) is 10. The molecule has 0 saturated heterocycles. The van der Waals surface area contributed by atoms with E-state index in [1.54, 1.807) is 13.8 Å². The predicted molar refractivity (Wildman–Crippen MR) is 115 cm³/mol. The van der Waals surface area contributed by atoms with Gasteiger partial charge in [0.05, 0.1) is 18.8 Å². The number of anilines is 1. The van der Waals surface area contributed by atoms with E-state index >= 15 is 0 Å². The number of thiophene rings is 1. The highest BCUT2D eigenvalue weighted by molar-refractivity contribution is 7.98. The fourth-order valence-corrected chi connectivity index (χ4v) is 4.59. The molecule has 0 unspecified atom stereocenters. The molecule has 0 aliphatic rings. The Balaban J connectivity index is 1.88. The number of carbonyl (C=O) groups excluding carboxylic acids is 2. The zero-order valence-electron chi connectivity index (χ0n) is 16.8. The molecule has 3 aromatic rings. The normalized spacial score (nSPS) is 10.8. The Kier molecular flexibility index (Phi) is 7.11. The van der Waals surface area contributed by atoms with Crippen LogP contribution in [-0.4, -0.2) is 35.3 Å². The number of thioether (sulfide) groups is 1. The van der Waals surface area contributed by atoms with Crippen molar-refractivity contribution in [3.63, 3.8) is 0 Å². The van der Waals surface area contributed by atoms with Gasteiger partial charge in [0, 0.05) is 16.9 Å². The van der Waals surface area contributed by atoms with Gasteiger partial charge < -0.3 is 19.6 Å². The second-order valence-corrected chi connectivity index (χ2v) is 8.05. The number of nitrogens with zero attached hydrogens (tertiary/aromatic N) is 2. The maximum atomic E-state index is 12.4. The van der Waals surface area contributed by atoms with E-state index in [-0.39, 0.29) is 34.4 Å². The van der Waals surface area contributed by atoms with Gasteiger partial charge in [0.2, 0.25) is 5.89 Å². The highest BCUT2D eigenvalue weighted by atomic mass is 32.2. The minimum absolute atomic E-state index is 0.177. The lowest BCUT2D eigenvalue weighted by atomic mass is 10.1. The van der Waals surface area contributed by atoms with E-state index in [1.165, 1.54) is 11.8 Å². The Labute approximate surface area is 181 Å². The summed E-state index contributed by atoms with van der Waals surface area (Å²) in [6.07, 6.45) is 0. The highest BCUT2D eigenvalue weighted by Gasteiger charge is 2.28. The monoisotopic (exact) mass is 447 g/mol. The van der Waals surface area contributed by atoms with Crippen LogP contribution in [0.15, 0.2) is 33.9 Å². The molecule has 1 aromatic carbocycles. The Hall–Kier alpha value is -2.85. The Bertz CT molecular complexity index is 1060. The van der Waals surface area contributed by atoms with Gasteiger partial charge in [-0.2, -0.15) is 0 Å². The molecule has 0 aliphatic heterocycles. The van der Waals surface area contributed by atoms with Crippen molar-refractivity contribution in [2.45, 2.75) is 31.7 Å². The maximum Gasteiger partial charge on any atom is 0.348 e. The Morgan fingerprint density at radius 3 is 2.53 bits per heavy atom. The molecule has 0 bridgehead atoms. The summed E-state index contributed by atoms with van der Waals surface area (Å²) in [4.78, 5) is 25.0. The molecule has 158 valence electrons. The Morgan fingerprint density at radius 2 is 1.83 bits per heavy atom. The molecule has 0 atom stereocenters. The molecule has 2 N–H and O–H groups in total. The van der Waals surface area contributed by atoms with E-state index in [1.807, 2.05) is 31.2 Å². The van der Waals surface area contributed by atoms with Gasteiger partial charge in [-0.05, 0) is 32.4 Å². The van der Waals surface area contributed by atoms with E-state index in [0.717, 1.165) is 22.5 Å². The van der Waals surface area contributed by atoms with Crippen molar-refractivity contribution in [1.82, 2.24) is 10.2 Å². The molecule has 3 rings (SSSR count). The smallest absolute Gasteiger partial charge is 0.348 e. The van der Waals surface area contributed by atoms with Crippen molar-refractivity contribution >= 4 is 40.0 Å². The first kappa shape index (κ1) is 21.8. The summed E-state index contributed by atoms with van der Waals surface area (Å²) in [5, 5.41) is 8.67. The lowest BCUT2D eigenvalue weighted by molar-refractivity contribution is 0.0527. The highest BCUT2D eigenvalue weighted by Crippen LogP contribution is 2.37. The summed E-state index contributed by atoms with van der Waals surface area (Å²) < 4.78 is 16.0. The molecular weight excluding hydrogens is 426 g/mol. The van der Waals surface area contributed by atoms with Gasteiger partial charge in [0.15, 0.2) is 0 Å². The van der Waals surface area contributed by atoms with E-state index < -0.39 is 11.9 Å². The van der Waals surface area contributed by atoms with Gasteiger partial charge >= 0.3 is 11.9 Å². The van der Waals surface area contributed by atoms with Gasteiger partial charge in [-0.25, -0.2) is 9.59 Å². The summed E-state index contributed by atoms with van der Waals surface area (Å²) >= 11 is 2.21. The average Bonchev–Trinajstić information content (AvgIpc) is 3.31. The number of hydrogen-bond donors (Lipinski definition) is 1. The molecule has 2 heterocycles. The van der Waals surface area contributed by atoms with Crippen molar-refractivity contribution in [2.24, 2.45) is 0 Å². The van der Waals surface area contributed by atoms with E-state index in [2.05, 4.69) is 10.2 Å². The zero-order chi connectivity index (χ0) is 21.7. The number of rotatable bonds is 8. The number of ether oxygens (including phenoxy) is 2. The second-order valence-electron chi connectivity index (χ2n) is 6.07. The molecular formula is C20H21N3O5S2. The molecule has 0 amide bonds. The van der Waals surface area contributed by atoms with Crippen LogP contribution in [0.1, 0.15) is 45.0 Å². The predicted octanol–water partition coefficient (Wildman–Crippen LogP) is 4.33. The quantitative estimate of drug-likeness (QED) is 0.397. The first-order valence-corrected chi connectivity index (χ1v) is 11.0. The maximum absolute atomic E-state index is 12.4. The van der Waals surface area contributed by atoms with Crippen LogP contribution in [0.2, 0.25) is 0 Å². The first-order chi connectivity index (χ1) is 14.5. The van der Waals surface area contributed by atoms with Crippen molar-refractivity contribution in [2.75, 3.05) is 18.9 Å². The van der Waals surface area contributed by atoms with Gasteiger partial charge in [-0.3, -0.25) is 0 Å². The van der Waals surface area contributed by atoms with Gasteiger partial charge in [0.1, 0.15) is 9.88 Å². The number of benzene rings is 1. The topological polar surface area (TPSA) is 118 Å². The summed E-state index contributed by atoms with van der Waals surface area (Å²) in [7, 11) is 0. The van der Waals surface area contributed by atoms with Crippen molar-refractivity contribution in [1.29, 1.82) is 0 Å². The molecule has 2 aromatic heterocycles. The van der Waals surface area contributed by atoms with Crippen LogP contribution in [0.5, 0.6) is 0 Å². The first-order valence-electron chi connectivity index (χ1n) is 9.23. The third-order valence-electron chi connectivity index (χ3n) is 4.10. The Morgan fingerprint density at radius 1 is 1.13 bits per heavy atom. The lowest BCUT2D eigenvalue weighted by Crippen LogP contribution is -2.11. The van der Waals surface area contributed by atoms with Crippen LogP contribution >= 0.6 is 23.1 Å². The third kappa shape index (κ3) is 4.65. The van der Waals surface area contributed by atoms with Crippen LogP contribution in [0.25, 0.3) is 11.5 Å². The molecule has 0 saturated carbocycles. The minimum atomic E-state index is -0.580. The standard InChI is InChI=1S/C20H21N3O5S2/c1-4-26-18(24)14-13(15(30-16(14)21)19(25)27-5-2)10-29-20-23-22-17(28-20)12-9-7-6-8-11(12)3/h6-9H,4-5,10,21H2,1-3H3. The number of esters is 2.